The van der Waals surface area contributed by atoms with Crippen molar-refractivity contribution in [2.75, 3.05) is 25.2 Å². The molecule has 1 aromatic carbocycles. The molecule has 2 rings (SSSR count). The molecule has 0 spiro atoms. The van der Waals surface area contributed by atoms with Gasteiger partial charge in [-0.1, -0.05) is 6.08 Å². The predicted octanol–water partition coefficient (Wildman–Crippen LogP) is 3.69. The third kappa shape index (κ3) is 5.22. The quantitative estimate of drug-likeness (QED) is 0.684. The number of carbonyl (C=O) groups excluding carboxylic acids is 1. The number of benzene rings is 1. The van der Waals surface area contributed by atoms with Crippen LogP contribution in [0.3, 0.4) is 0 Å². The van der Waals surface area contributed by atoms with Crippen molar-refractivity contribution in [3.63, 3.8) is 0 Å². The normalized spacial score (nSPS) is 18.8. The highest BCUT2D eigenvalue weighted by Crippen LogP contribution is 2.28. The Morgan fingerprint density at radius 1 is 1.38 bits per heavy atom. The minimum atomic E-state index is -5.03. The summed E-state index contributed by atoms with van der Waals surface area (Å²) in [5, 5.41) is 0. The van der Waals surface area contributed by atoms with E-state index in [1.54, 1.807) is 0 Å². The molecule has 1 aromatic rings. The maximum absolute atomic E-state index is 13.1. The first-order valence-corrected chi connectivity index (χ1v) is 8.27. The number of hydrogen-bond donors (Lipinski definition) is 0. The molecule has 1 unspecified atom stereocenters. The number of halogens is 3. The van der Waals surface area contributed by atoms with Crippen molar-refractivity contribution < 1.29 is 32.2 Å². The van der Waals surface area contributed by atoms with Gasteiger partial charge < -0.3 is 14.2 Å². The zero-order chi connectivity index (χ0) is 19.2. The molecular formula is C18H22F3NO4. The van der Waals surface area contributed by atoms with Gasteiger partial charge in [0, 0.05) is 12.3 Å². The Morgan fingerprint density at radius 3 is 2.58 bits per heavy atom. The summed E-state index contributed by atoms with van der Waals surface area (Å²) in [5.74, 6) is -1.52. The average molecular weight is 373 g/mol. The minimum absolute atomic E-state index is 0.0752. The van der Waals surface area contributed by atoms with Gasteiger partial charge in [-0.15, -0.1) is 6.58 Å². The maximum Gasteiger partial charge on any atom is 0.471 e. The van der Waals surface area contributed by atoms with Gasteiger partial charge in [0.2, 0.25) is 0 Å². The second-order valence-corrected chi connectivity index (χ2v) is 5.80. The Labute approximate surface area is 150 Å². The monoisotopic (exact) mass is 373 g/mol. The van der Waals surface area contributed by atoms with Crippen molar-refractivity contribution in [3.8, 4) is 5.75 Å². The molecule has 0 bridgehead atoms. The van der Waals surface area contributed by atoms with Crippen molar-refractivity contribution in [3.05, 3.63) is 36.9 Å². The van der Waals surface area contributed by atoms with Crippen molar-refractivity contribution >= 4 is 11.6 Å². The zero-order valence-corrected chi connectivity index (χ0v) is 14.5. The third-order valence-corrected chi connectivity index (χ3v) is 4.01. The number of ether oxygens (including phenoxy) is 3. The van der Waals surface area contributed by atoms with Crippen LogP contribution in [-0.4, -0.2) is 44.7 Å². The zero-order valence-electron chi connectivity index (χ0n) is 14.5. The summed E-state index contributed by atoms with van der Waals surface area (Å²) in [5.41, 5.74) is 0.0752. The molecule has 2 atom stereocenters. The molecule has 144 valence electrons. The standard InChI is InChI=1S/C18H22F3NO4/c1-3-13(12-26-16-6-4-5-11-25-16)22(17(23)18(19,20)21)14-7-9-15(24-2)10-8-14/h3,7-10,13,16H,1,4-6,11-12H2,2H3/t13-,16?/m1/s1. The first-order valence-electron chi connectivity index (χ1n) is 8.27. The van der Waals surface area contributed by atoms with Gasteiger partial charge >= 0.3 is 12.1 Å². The number of anilines is 1. The van der Waals surface area contributed by atoms with Gasteiger partial charge in [0.05, 0.1) is 19.8 Å². The first-order chi connectivity index (χ1) is 12.4. The van der Waals surface area contributed by atoms with E-state index >= 15 is 0 Å². The Morgan fingerprint density at radius 2 is 2.08 bits per heavy atom. The van der Waals surface area contributed by atoms with E-state index in [4.69, 9.17) is 14.2 Å². The Hall–Kier alpha value is -2.06. The number of hydrogen-bond acceptors (Lipinski definition) is 4. The lowest BCUT2D eigenvalue weighted by Crippen LogP contribution is -2.49. The van der Waals surface area contributed by atoms with Crippen LogP contribution in [0.25, 0.3) is 0 Å². The van der Waals surface area contributed by atoms with Gasteiger partial charge in [-0.05, 0) is 43.5 Å². The highest BCUT2D eigenvalue weighted by atomic mass is 19.4. The fourth-order valence-corrected chi connectivity index (χ4v) is 2.64. The van der Waals surface area contributed by atoms with Crippen LogP contribution in [0, 0.1) is 0 Å². The molecule has 26 heavy (non-hydrogen) atoms. The molecule has 1 amide bonds. The fraction of sp³-hybridized carbons (Fsp3) is 0.500. The summed E-state index contributed by atoms with van der Waals surface area (Å²) in [7, 11) is 1.44. The van der Waals surface area contributed by atoms with Gasteiger partial charge in [-0.3, -0.25) is 9.69 Å². The summed E-state index contributed by atoms with van der Waals surface area (Å²) in [6.07, 6.45) is -1.73. The van der Waals surface area contributed by atoms with Crippen LogP contribution < -0.4 is 9.64 Å². The number of amides is 1. The van der Waals surface area contributed by atoms with E-state index in [1.165, 1.54) is 37.5 Å². The molecule has 1 saturated heterocycles. The number of rotatable bonds is 7. The molecule has 0 radical (unpaired) electrons. The molecule has 0 N–H and O–H groups in total. The van der Waals surface area contributed by atoms with Crippen LogP contribution in [0.2, 0.25) is 0 Å². The summed E-state index contributed by atoms with van der Waals surface area (Å²) in [6, 6.07) is 4.74. The van der Waals surface area contributed by atoms with E-state index in [2.05, 4.69) is 6.58 Å². The lowest BCUT2D eigenvalue weighted by atomic mass is 10.2. The van der Waals surface area contributed by atoms with Gasteiger partial charge in [0.15, 0.2) is 6.29 Å². The molecule has 1 heterocycles. The summed E-state index contributed by atoms with van der Waals surface area (Å²) >= 11 is 0. The molecular weight excluding hydrogens is 351 g/mol. The van der Waals surface area contributed by atoms with E-state index in [0.29, 0.717) is 23.7 Å². The molecule has 0 aliphatic carbocycles. The molecule has 8 heteroatoms. The molecule has 1 aliphatic heterocycles. The fourth-order valence-electron chi connectivity index (χ4n) is 2.64. The molecule has 0 saturated carbocycles. The number of methoxy groups -OCH3 is 1. The first kappa shape index (κ1) is 20.3. The lowest BCUT2D eigenvalue weighted by molar-refractivity contribution is -0.174. The smallest absolute Gasteiger partial charge is 0.471 e. The summed E-state index contributed by atoms with van der Waals surface area (Å²) in [6.45, 7) is 3.96. The van der Waals surface area contributed by atoms with Crippen molar-refractivity contribution in [2.24, 2.45) is 0 Å². The summed E-state index contributed by atoms with van der Waals surface area (Å²) < 4.78 is 55.3. The molecule has 1 aliphatic rings. The molecule has 1 fully saturated rings. The van der Waals surface area contributed by atoms with Crippen LogP contribution in [0.4, 0.5) is 18.9 Å². The van der Waals surface area contributed by atoms with Crippen molar-refractivity contribution in [1.82, 2.24) is 0 Å². The molecule has 0 aromatic heterocycles. The Bertz CT molecular complexity index is 597. The predicted molar refractivity (Wildman–Crippen MR) is 90.1 cm³/mol. The van der Waals surface area contributed by atoms with E-state index in [0.717, 1.165) is 12.8 Å². The topological polar surface area (TPSA) is 48.0 Å². The minimum Gasteiger partial charge on any atom is -0.497 e. The van der Waals surface area contributed by atoms with Crippen LogP contribution in [0.1, 0.15) is 19.3 Å². The van der Waals surface area contributed by atoms with Crippen LogP contribution >= 0.6 is 0 Å². The number of carbonyl (C=O) groups is 1. The largest absolute Gasteiger partial charge is 0.497 e. The van der Waals surface area contributed by atoms with Gasteiger partial charge in [-0.2, -0.15) is 13.2 Å². The molecule has 5 nitrogen and oxygen atoms in total. The average Bonchev–Trinajstić information content (AvgIpc) is 2.65. The van der Waals surface area contributed by atoms with E-state index < -0.39 is 24.4 Å². The van der Waals surface area contributed by atoms with Gasteiger partial charge in [0.25, 0.3) is 0 Å². The van der Waals surface area contributed by atoms with E-state index in [1.807, 2.05) is 0 Å². The number of alkyl halides is 3. The Kier molecular flexibility index (Phi) is 7.05. The van der Waals surface area contributed by atoms with Gasteiger partial charge in [-0.25, -0.2) is 0 Å². The second-order valence-electron chi connectivity index (χ2n) is 5.80. The lowest BCUT2D eigenvalue weighted by Gasteiger charge is -2.32. The van der Waals surface area contributed by atoms with Gasteiger partial charge in [0.1, 0.15) is 5.75 Å². The summed E-state index contributed by atoms with van der Waals surface area (Å²) in [4.78, 5) is 12.6. The van der Waals surface area contributed by atoms with Crippen LogP contribution in [0.5, 0.6) is 5.75 Å². The van der Waals surface area contributed by atoms with Crippen LogP contribution in [0.15, 0.2) is 36.9 Å². The van der Waals surface area contributed by atoms with E-state index in [-0.39, 0.29) is 12.3 Å². The highest BCUT2D eigenvalue weighted by Gasteiger charge is 2.45. The SMILES string of the molecule is C=C[C@H](COC1CCCCO1)N(C(=O)C(F)(F)F)c1ccc(OC)cc1. The highest BCUT2D eigenvalue weighted by molar-refractivity contribution is 5.98. The van der Waals surface area contributed by atoms with Crippen molar-refractivity contribution in [2.45, 2.75) is 37.8 Å². The third-order valence-electron chi connectivity index (χ3n) is 4.01. The number of nitrogens with zero attached hydrogens (tertiary/aromatic N) is 1. The Balaban J connectivity index is 2.21. The van der Waals surface area contributed by atoms with Crippen LogP contribution in [-0.2, 0) is 14.3 Å². The van der Waals surface area contributed by atoms with Crippen molar-refractivity contribution in [1.29, 1.82) is 0 Å². The van der Waals surface area contributed by atoms with E-state index in [9.17, 15) is 18.0 Å². The maximum atomic E-state index is 13.1. The second kappa shape index (κ2) is 9.05.